The Bertz CT molecular complexity index is 492. The zero-order valence-corrected chi connectivity index (χ0v) is 9.98. The predicted octanol–water partition coefficient (Wildman–Crippen LogP) is 4.05. The Balaban J connectivity index is 2.17. The van der Waals surface area contributed by atoms with E-state index in [1.54, 1.807) is 24.3 Å². The van der Waals surface area contributed by atoms with Gasteiger partial charge in [-0.2, -0.15) is 0 Å². The lowest BCUT2D eigenvalue weighted by molar-refractivity contribution is 0.112. The lowest BCUT2D eigenvalue weighted by Crippen LogP contribution is -1.85. The number of aldehydes is 1. The van der Waals surface area contributed by atoms with Crippen LogP contribution in [0.5, 0.6) is 11.5 Å². The second-order valence-corrected chi connectivity index (χ2v) is 4.16. The van der Waals surface area contributed by atoms with Crippen molar-refractivity contribution in [3.8, 4) is 11.5 Å². The van der Waals surface area contributed by atoms with Crippen LogP contribution in [0.3, 0.4) is 0 Å². The van der Waals surface area contributed by atoms with Gasteiger partial charge in [-0.1, -0.05) is 22.0 Å². The fraction of sp³-hybridized carbons (Fsp3) is 0. The maximum absolute atomic E-state index is 10.5. The molecule has 2 aromatic carbocycles. The van der Waals surface area contributed by atoms with E-state index in [1.807, 2.05) is 24.3 Å². The summed E-state index contributed by atoms with van der Waals surface area (Å²) < 4.78 is 6.58. The molecule has 0 heterocycles. The Labute approximate surface area is 102 Å². The van der Waals surface area contributed by atoms with Crippen molar-refractivity contribution in [1.29, 1.82) is 0 Å². The molecule has 0 aliphatic heterocycles. The number of benzene rings is 2. The highest BCUT2D eigenvalue weighted by molar-refractivity contribution is 9.10. The van der Waals surface area contributed by atoms with Crippen molar-refractivity contribution < 1.29 is 9.53 Å². The van der Waals surface area contributed by atoms with Crippen LogP contribution in [0, 0.1) is 0 Å². The molecule has 16 heavy (non-hydrogen) atoms. The summed E-state index contributed by atoms with van der Waals surface area (Å²) in [7, 11) is 0. The van der Waals surface area contributed by atoms with Gasteiger partial charge < -0.3 is 4.74 Å². The monoisotopic (exact) mass is 276 g/mol. The van der Waals surface area contributed by atoms with Gasteiger partial charge in [0.1, 0.15) is 17.8 Å². The average molecular weight is 277 g/mol. The molecule has 0 atom stereocenters. The van der Waals surface area contributed by atoms with E-state index >= 15 is 0 Å². The van der Waals surface area contributed by atoms with Crippen molar-refractivity contribution in [1.82, 2.24) is 0 Å². The minimum absolute atomic E-state index is 0.640. The summed E-state index contributed by atoms with van der Waals surface area (Å²) in [6.45, 7) is 0. The van der Waals surface area contributed by atoms with Gasteiger partial charge in [0, 0.05) is 10.0 Å². The number of hydrogen-bond acceptors (Lipinski definition) is 2. The Hall–Kier alpha value is -1.61. The maximum Gasteiger partial charge on any atom is 0.150 e. The second kappa shape index (κ2) is 4.94. The summed E-state index contributed by atoms with van der Waals surface area (Å²) in [4.78, 5) is 10.5. The van der Waals surface area contributed by atoms with E-state index in [-0.39, 0.29) is 0 Å². The minimum atomic E-state index is 0.640. The Morgan fingerprint density at radius 2 is 1.75 bits per heavy atom. The molecular weight excluding hydrogens is 268 g/mol. The van der Waals surface area contributed by atoms with Gasteiger partial charge in [0.25, 0.3) is 0 Å². The lowest BCUT2D eigenvalue weighted by atomic mass is 10.2. The van der Waals surface area contributed by atoms with Crippen LogP contribution in [-0.2, 0) is 0 Å². The van der Waals surface area contributed by atoms with E-state index < -0.39 is 0 Å². The molecule has 0 fully saturated rings. The van der Waals surface area contributed by atoms with E-state index in [9.17, 15) is 4.79 Å². The Kier molecular flexibility index (Phi) is 3.37. The molecule has 0 N–H and O–H groups in total. The molecule has 0 spiro atoms. The highest BCUT2D eigenvalue weighted by Gasteiger charge is 1.98. The zero-order valence-electron chi connectivity index (χ0n) is 8.39. The summed E-state index contributed by atoms with van der Waals surface area (Å²) >= 11 is 3.37. The van der Waals surface area contributed by atoms with E-state index in [1.165, 1.54) is 0 Å². The zero-order chi connectivity index (χ0) is 11.4. The van der Waals surface area contributed by atoms with Gasteiger partial charge in [0.05, 0.1) is 0 Å². The molecule has 80 valence electrons. The fourth-order valence-corrected chi connectivity index (χ4v) is 1.66. The molecule has 0 saturated heterocycles. The van der Waals surface area contributed by atoms with Crippen molar-refractivity contribution in [3.63, 3.8) is 0 Å². The van der Waals surface area contributed by atoms with E-state index in [0.717, 1.165) is 16.5 Å². The number of ether oxygens (including phenoxy) is 1. The van der Waals surface area contributed by atoms with Crippen LogP contribution >= 0.6 is 15.9 Å². The van der Waals surface area contributed by atoms with Gasteiger partial charge in [-0.15, -0.1) is 0 Å². The van der Waals surface area contributed by atoms with Crippen LogP contribution in [0.15, 0.2) is 53.0 Å². The molecule has 2 rings (SSSR count). The van der Waals surface area contributed by atoms with E-state index in [2.05, 4.69) is 15.9 Å². The summed E-state index contributed by atoms with van der Waals surface area (Å²) in [6.07, 6.45) is 0.808. The molecule has 0 saturated carbocycles. The first-order valence-electron chi connectivity index (χ1n) is 4.76. The smallest absolute Gasteiger partial charge is 0.150 e. The average Bonchev–Trinajstić information content (AvgIpc) is 2.30. The molecule has 0 amide bonds. The maximum atomic E-state index is 10.5. The molecule has 0 aromatic heterocycles. The molecule has 0 bridgehead atoms. The van der Waals surface area contributed by atoms with Crippen molar-refractivity contribution in [2.75, 3.05) is 0 Å². The molecule has 0 aliphatic carbocycles. The number of rotatable bonds is 3. The van der Waals surface area contributed by atoms with Crippen LogP contribution in [0.4, 0.5) is 0 Å². The molecular formula is C13H9BrO2. The van der Waals surface area contributed by atoms with Crippen LogP contribution in [0.1, 0.15) is 10.4 Å². The number of carbonyl (C=O) groups excluding carboxylic acids is 1. The summed E-state index contributed by atoms with van der Waals surface area (Å²) in [5.41, 5.74) is 0.640. The summed E-state index contributed by atoms with van der Waals surface area (Å²) in [6, 6.07) is 14.6. The van der Waals surface area contributed by atoms with Crippen LogP contribution in [-0.4, -0.2) is 6.29 Å². The Morgan fingerprint density at radius 1 is 1.00 bits per heavy atom. The first-order chi connectivity index (χ1) is 7.78. The summed E-state index contributed by atoms with van der Waals surface area (Å²) in [5.74, 6) is 1.47. The van der Waals surface area contributed by atoms with Gasteiger partial charge in [0.2, 0.25) is 0 Å². The molecule has 3 heteroatoms. The van der Waals surface area contributed by atoms with Gasteiger partial charge in [-0.3, -0.25) is 4.79 Å². The molecule has 0 radical (unpaired) electrons. The van der Waals surface area contributed by atoms with Crippen LogP contribution in [0.25, 0.3) is 0 Å². The first kappa shape index (κ1) is 10.9. The van der Waals surface area contributed by atoms with Crippen molar-refractivity contribution in [2.24, 2.45) is 0 Å². The number of hydrogen-bond donors (Lipinski definition) is 0. The third-order valence-electron chi connectivity index (χ3n) is 2.05. The predicted molar refractivity (Wildman–Crippen MR) is 66.0 cm³/mol. The number of carbonyl (C=O) groups is 1. The van der Waals surface area contributed by atoms with Crippen LogP contribution < -0.4 is 4.74 Å². The van der Waals surface area contributed by atoms with Gasteiger partial charge in [-0.25, -0.2) is 0 Å². The van der Waals surface area contributed by atoms with Crippen molar-refractivity contribution in [3.05, 3.63) is 58.6 Å². The third kappa shape index (κ3) is 2.70. The van der Waals surface area contributed by atoms with Crippen LogP contribution in [0.2, 0.25) is 0 Å². The molecule has 0 aliphatic rings. The fourth-order valence-electron chi connectivity index (χ4n) is 1.28. The van der Waals surface area contributed by atoms with E-state index in [4.69, 9.17) is 4.74 Å². The first-order valence-corrected chi connectivity index (χ1v) is 5.56. The standard InChI is InChI=1S/C13H9BrO2/c14-11-2-1-3-13(8-11)16-12-6-4-10(9-15)5-7-12/h1-9H. The van der Waals surface area contributed by atoms with Crippen molar-refractivity contribution in [2.45, 2.75) is 0 Å². The normalized spacial score (nSPS) is 9.81. The quantitative estimate of drug-likeness (QED) is 0.791. The molecule has 2 nitrogen and oxygen atoms in total. The number of halogens is 1. The minimum Gasteiger partial charge on any atom is -0.457 e. The third-order valence-corrected chi connectivity index (χ3v) is 2.54. The Morgan fingerprint density at radius 3 is 2.38 bits per heavy atom. The highest BCUT2D eigenvalue weighted by atomic mass is 79.9. The van der Waals surface area contributed by atoms with E-state index in [0.29, 0.717) is 11.3 Å². The van der Waals surface area contributed by atoms with Crippen molar-refractivity contribution >= 4 is 22.2 Å². The van der Waals surface area contributed by atoms with Gasteiger partial charge in [0.15, 0.2) is 0 Å². The SMILES string of the molecule is O=Cc1ccc(Oc2cccc(Br)c2)cc1. The van der Waals surface area contributed by atoms with Gasteiger partial charge >= 0.3 is 0 Å². The lowest BCUT2D eigenvalue weighted by Gasteiger charge is -2.05. The largest absolute Gasteiger partial charge is 0.457 e. The molecule has 2 aromatic rings. The summed E-state index contributed by atoms with van der Waals surface area (Å²) in [5, 5.41) is 0. The second-order valence-electron chi connectivity index (χ2n) is 3.25. The van der Waals surface area contributed by atoms with Gasteiger partial charge in [-0.05, 0) is 42.5 Å². The highest BCUT2D eigenvalue weighted by Crippen LogP contribution is 2.24. The molecule has 0 unspecified atom stereocenters. The topological polar surface area (TPSA) is 26.3 Å².